The Morgan fingerprint density at radius 1 is 1.22 bits per heavy atom. The summed E-state index contributed by atoms with van der Waals surface area (Å²) in [6, 6.07) is 3.87. The Hall–Kier alpha value is -1.29. The van der Waals surface area contributed by atoms with Gasteiger partial charge < -0.3 is 15.1 Å². The predicted molar refractivity (Wildman–Crippen MR) is 72.9 cm³/mol. The SMILES string of the molecule is CC1Cc2c(ccc(F)c2N2CCN(C)CC2)N1. The monoisotopic (exact) mass is 249 g/mol. The number of piperazine rings is 1. The van der Waals surface area contributed by atoms with E-state index in [0.29, 0.717) is 6.04 Å². The molecular formula is C14H20FN3. The van der Waals surface area contributed by atoms with Crippen LogP contribution in [0.5, 0.6) is 0 Å². The molecule has 2 aliphatic rings. The van der Waals surface area contributed by atoms with Crippen molar-refractivity contribution >= 4 is 11.4 Å². The Kier molecular flexibility index (Phi) is 2.90. The van der Waals surface area contributed by atoms with Crippen LogP contribution in [-0.2, 0) is 6.42 Å². The van der Waals surface area contributed by atoms with Gasteiger partial charge in [-0.05, 0) is 32.5 Å². The van der Waals surface area contributed by atoms with Crippen LogP contribution in [-0.4, -0.2) is 44.2 Å². The number of anilines is 2. The Morgan fingerprint density at radius 3 is 2.67 bits per heavy atom. The van der Waals surface area contributed by atoms with Crippen LogP contribution >= 0.6 is 0 Å². The normalized spacial score (nSPS) is 23.9. The summed E-state index contributed by atoms with van der Waals surface area (Å²) in [5.41, 5.74) is 3.10. The molecule has 0 spiro atoms. The van der Waals surface area contributed by atoms with Crippen molar-refractivity contribution in [1.82, 2.24) is 4.90 Å². The number of benzene rings is 1. The van der Waals surface area contributed by atoms with E-state index >= 15 is 0 Å². The molecule has 1 aromatic rings. The Bertz CT molecular complexity index is 453. The molecule has 0 bridgehead atoms. The van der Waals surface area contributed by atoms with Gasteiger partial charge >= 0.3 is 0 Å². The van der Waals surface area contributed by atoms with Crippen molar-refractivity contribution in [3.8, 4) is 0 Å². The van der Waals surface area contributed by atoms with Gasteiger partial charge in [0, 0.05) is 43.5 Å². The van der Waals surface area contributed by atoms with Crippen molar-refractivity contribution < 1.29 is 4.39 Å². The first-order chi connectivity index (χ1) is 8.65. The number of rotatable bonds is 1. The molecule has 0 saturated carbocycles. The van der Waals surface area contributed by atoms with E-state index < -0.39 is 0 Å². The topological polar surface area (TPSA) is 18.5 Å². The van der Waals surface area contributed by atoms with Crippen LogP contribution in [0.3, 0.4) is 0 Å². The van der Waals surface area contributed by atoms with Crippen LogP contribution in [0.1, 0.15) is 12.5 Å². The van der Waals surface area contributed by atoms with Gasteiger partial charge in [0.05, 0.1) is 5.69 Å². The molecule has 1 atom stereocenters. The van der Waals surface area contributed by atoms with Gasteiger partial charge in [0.1, 0.15) is 5.82 Å². The first-order valence-electron chi connectivity index (χ1n) is 6.66. The zero-order valence-electron chi connectivity index (χ0n) is 11.0. The van der Waals surface area contributed by atoms with Gasteiger partial charge in [-0.15, -0.1) is 0 Å². The maximum Gasteiger partial charge on any atom is 0.146 e. The summed E-state index contributed by atoms with van der Waals surface area (Å²) in [5, 5.41) is 3.41. The lowest BCUT2D eigenvalue weighted by atomic mass is 10.1. The van der Waals surface area contributed by atoms with Crippen LogP contribution in [0.2, 0.25) is 0 Å². The maximum absolute atomic E-state index is 14.2. The van der Waals surface area contributed by atoms with E-state index in [1.165, 1.54) is 0 Å². The van der Waals surface area contributed by atoms with Gasteiger partial charge in [0.15, 0.2) is 0 Å². The summed E-state index contributed by atoms with van der Waals surface area (Å²) in [5.74, 6) is -0.0748. The van der Waals surface area contributed by atoms with Gasteiger partial charge in [-0.1, -0.05) is 0 Å². The Labute approximate surface area is 108 Å². The fourth-order valence-electron chi connectivity index (χ4n) is 2.94. The standard InChI is InChI=1S/C14H20FN3/c1-10-9-11-13(16-10)4-3-12(15)14(11)18-7-5-17(2)6-8-18/h3-4,10,16H,5-9H2,1-2H3. The van der Waals surface area contributed by atoms with Crippen LogP contribution in [0.25, 0.3) is 0 Å². The molecule has 1 N–H and O–H groups in total. The number of hydrogen-bond donors (Lipinski definition) is 1. The fraction of sp³-hybridized carbons (Fsp3) is 0.571. The van der Waals surface area contributed by atoms with E-state index in [9.17, 15) is 4.39 Å². The molecule has 0 aliphatic carbocycles. The molecule has 3 nitrogen and oxygen atoms in total. The zero-order valence-corrected chi connectivity index (χ0v) is 11.0. The third-order valence-electron chi connectivity index (χ3n) is 3.97. The van der Waals surface area contributed by atoms with E-state index in [1.807, 2.05) is 6.07 Å². The van der Waals surface area contributed by atoms with E-state index in [0.717, 1.165) is 49.5 Å². The summed E-state index contributed by atoms with van der Waals surface area (Å²) in [7, 11) is 2.12. The molecule has 0 aromatic heterocycles. The first kappa shape index (κ1) is 11.8. The highest BCUT2D eigenvalue weighted by molar-refractivity contribution is 5.71. The first-order valence-corrected chi connectivity index (χ1v) is 6.66. The van der Waals surface area contributed by atoms with E-state index in [1.54, 1.807) is 6.07 Å². The van der Waals surface area contributed by atoms with Crippen LogP contribution < -0.4 is 10.2 Å². The molecule has 0 amide bonds. The quantitative estimate of drug-likeness (QED) is 0.820. The molecule has 0 radical (unpaired) electrons. The minimum Gasteiger partial charge on any atom is -0.382 e. The second-order valence-corrected chi connectivity index (χ2v) is 5.46. The van der Waals surface area contributed by atoms with Crippen molar-refractivity contribution in [2.75, 3.05) is 43.4 Å². The van der Waals surface area contributed by atoms with Gasteiger partial charge in [-0.25, -0.2) is 4.39 Å². The molecule has 1 fully saturated rings. The molecule has 4 heteroatoms. The molecule has 1 saturated heterocycles. The Balaban J connectivity index is 1.94. The van der Waals surface area contributed by atoms with Crippen molar-refractivity contribution in [3.63, 3.8) is 0 Å². The highest BCUT2D eigenvalue weighted by Gasteiger charge is 2.26. The van der Waals surface area contributed by atoms with E-state index in [4.69, 9.17) is 0 Å². The fourth-order valence-corrected chi connectivity index (χ4v) is 2.94. The second-order valence-electron chi connectivity index (χ2n) is 5.46. The van der Waals surface area contributed by atoms with Crippen molar-refractivity contribution in [2.45, 2.75) is 19.4 Å². The number of halogens is 1. The van der Waals surface area contributed by atoms with Crippen LogP contribution in [0.15, 0.2) is 12.1 Å². The summed E-state index contributed by atoms with van der Waals surface area (Å²) >= 11 is 0. The highest BCUT2D eigenvalue weighted by Crippen LogP contribution is 2.36. The van der Waals surface area contributed by atoms with Crippen molar-refractivity contribution in [1.29, 1.82) is 0 Å². The molecule has 2 aliphatic heterocycles. The summed E-state index contributed by atoms with van der Waals surface area (Å²) in [4.78, 5) is 4.49. The third-order valence-corrected chi connectivity index (χ3v) is 3.97. The van der Waals surface area contributed by atoms with Crippen LogP contribution in [0, 0.1) is 5.82 Å². The second kappa shape index (κ2) is 4.43. The highest BCUT2D eigenvalue weighted by atomic mass is 19.1. The third kappa shape index (κ3) is 1.94. The molecule has 2 heterocycles. The molecule has 18 heavy (non-hydrogen) atoms. The number of nitrogens with one attached hydrogen (secondary N) is 1. The lowest BCUT2D eigenvalue weighted by molar-refractivity contribution is 0.311. The predicted octanol–water partition coefficient (Wildman–Crippen LogP) is 1.93. The van der Waals surface area contributed by atoms with Gasteiger partial charge in [-0.3, -0.25) is 0 Å². The smallest absolute Gasteiger partial charge is 0.146 e. The van der Waals surface area contributed by atoms with Gasteiger partial charge in [-0.2, -0.15) is 0 Å². The largest absolute Gasteiger partial charge is 0.382 e. The van der Waals surface area contributed by atoms with Crippen molar-refractivity contribution in [3.05, 3.63) is 23.5 Å². The van der Waals surface area contributed by atoms with Crippen molar-refractivity contribution in [2.24, 2.45) is 0 Å². The molecular weight excluding hydrogens is 229 g/mol. The van der Waals surface area contributed by atoms with Gasteiger partial charge in [0.2, 0.25) is 0 Å². The molecule has 1 unspecified atom stereocenters. The van der Waals surface area contributed by atoms with E-state index in [2.05, 4.69) is 29.1 Å². The lowest BCUT2D eigenvalue weighted by Crippen LogP contribution is -2.45. The summed E-state index contributed by atoms with van der Waals surface area (Å²) in [6.45, 7) is 5.99. The summed E-state index contributed by atoms with van der Waals surface area (Å²) in [6.07, 6.45) is 0.925. The number of likely N-dealkylation sites (N-methyl/N-ethyl adjacent to an activating group) is 1. The zero-order chi connectivity index (χ0) is 12.7. The van der Waals surface area contributed by atoms with Gasteiger partial charge in [0.25, 0.3) is 0 Å². The summed E-state index contributed by atoms with van der Waals surface area (Å²) < 4.78 is 14.2. The van der Waals surface area contributed by atoms with Crippen LogP contribution in [0.4, 0.5) is 15.8 Å². The number of fused-ring (bicyclic) bond motifs is 1. The molecule has 98 valence electrons. The lowest BCUT2D eigenvalue weighted by Gasteiger charge is -2.35. The maximum atomic E-state index is 14.2. The average molecular weight is 249 g/mol. The minimum absolute atomic E-state index is 0.0748. The van der Waals surface area contributed by atoms with E-state index in [-0.39, 0.29) is 5.82 Å². The molecule has 1 aromatic carbocycles. The molecule has 3 rings (SSSR count). The Morgan fingerprint density at radius 2 is 1.94 bits per heavy atom. The number of hydrogen-bond acceptors (Lipinski definition) is 3. The number of nitrogens with zero attached hydrogens (tertiary/aromatic N) is 2. The minimum atomic E-state index is -0.0748. The average Bonchev–Trinajstić information content (AvgIpc) is 2.71.